The van der Waals surface area contributed by atoms with E-state index in [9.17, 15) is 9.59 Å². The van der Waals surface area contributed by atoms with Crippen molar-refractivity contribution in [3.05, 3.63) is 11.6 Å². The number of hydrogen-bond acceptors (Lipinski definition) is 5. The quantitative estimate of drug-likeness (QED) is 0.657. The first-order chi connectivity index (χ1) is 14.4. The molecule has 0 radical (unpaired) electrons. The van der Waals surface area contributed by atoms with Crippen LogP contribution in [-0.2, 0) is 19.1 Å². The molecular weight excluding hydrogens is 378 g/mol. The van der Waals surface area contributed by atoms with E-state index in [0.29, 0.717) is 49.7 Å². The topological polar surface area (TPSA) is 55.8 Å². The molecule has 5 rings (SSSR count). The van der Waals surface area contributed by atoms with E-state index in [4.69, 9.17) is 9.47 Å². The van der Waals surface area contributed by atoms with E-state index in [1.165, 1.54) is 24.8 Å². The number of morpholine rings is 1. The van der Waals surface area contributed by atoms with E-state index < -0.39 is 0 Å². The molecule has 6 atom stereocenters. The summed E-state index contributed by atoms with van der Waals surface area (Å²) in [5.41, 5.74) is 1.75. The Hall–Kier alpha value is -1.20. The molecule has 0 N–H and O–H groups in total. The van der Waals surface area contributed by atoms with Crippen molar-refractivity contribution in [3.63, 3.8) is 0 Å². The molecule has 0 spiro atoms. The van der Waals surface area contributed by atoms with Gasteiger partial charge in [0.2, 0.25) is 0 Å². The summed E-state index contributed by atoms with van der Waals surface area (Å²) in [7, 11) is 0. The predicted molar refractivity (Wildman–Crippen MR) is 114 cm³/mol. The van der Waals surface area contributed by atoms with Crippen LogP contribution in [0.25, 0.3) is 0 Å². The highest BCUT2D eigenvalue weighted by Gasteiger charge is 2.59. The summed E-state index contributed by atoms with van der Waals surface area (Å²) in [5.74, 6) is 2.31. The van der Waals surface area contributed by atoms with Gasteiger partial charge in [-0.1, -0.05) is 19.4 Å². The fraction of sp³-hybridized carbons (Fsp3) is 0.840. The standard InChI is InChI=1S/C25H37NO4/c1-24-9-7-18(27)15-17(24)3-4-19-20-5-6-22(25(20,2)10-8-21(19)24)30-23(28)16-26-11-13-29-14-12-26/h15,19-22H,3-14,16H2,1-2H3/t19?,20-,21-,22-,24?,25-/m0/s1. The number of fused-ring (bicyclic) bond motifs is 5. The lowest BCUT2D eigenvalue weighted by Crippen LogP contribution is -2.52. The largest absolute Gasteiger partial charge is 0.461 e. The molecule has 0 aromatic heterocycles. The zero-order valence-electron chi connectivity index (χ0n) is 18.7. The molecule has 30 heavy (non-hydrogen) atoms. The highest BCUT2D eigenvalue weighted by Crippen LogP contribution is 2.65. The van der Waals surface area contributed by atoms with Crippen LogP contribution in [0, 0.1) is 28.6 Å². The molecule has 3 saturated carbocycles. The lowest BCUT2D eigenvalue weighted by atomic mass is 9.47. The molecule has 5 nitrogen and oxygen atoms in total. The molecule has 166 valence electrons. The fourth-order valence-corrected chi connectivity index (χ4v) is 7.84. The van der Waals surface area contributed by atoms with Gasteiger partial charge in [0.15, 0.2) is 5.78 Å². The highest BCUT2D eigenvalue weighted by atomic mass is 16.5. The summed E-state index contributed by atoms with van der Waals surface area (Å²) in [6.45, 7) is 8.28. The van der Waals surface area contributed by atoms with E-state index in [1.54, 1.807) is 0 Å². The van der Waals surface area contributed by atoms with E-state index in [0.717, 1.165) is 38.8 Å². The molecule has 0 aromatic rings. The number of ketones is 1. The first kappa shape index (κ1) is 20.7. The van der Waals surface area contributed by atoms with Gasteiger partial charge in [-0.05, 0) is 74.2 Å². The predicted octanol–water partition coefficient (Wildman–Crippen LogP) is 3.76. The fourth-order valence-electron chi connectivity index (χ4n) is 7.84. The van der Waals surface area contributed by atoms with Crippen LogP contribution in [0.1, 0.15) is 65.2 Å². The molecule has 0 bridgehead atoms. The minimum atomic E-state index is -0.0579. The Balaban J connectivity index is 1.28. The summed E-state index contributed by atoms with van der Waals surface area (Å²) in [6.07, 6.45) is 10.6. The van der Waals surface area contributed by atoms with Crippen molar-refractivity contribution in [2.75, 3.05) is 32.8 Å². The maximum Gasteiger partial charge on any atom is 0.320 e. The molecule has 1 saturated heterocycles. The van der Waals surface area contributed by atoms with Gasteiger partial charge in [-0.15, -0.1) is 0 Å². The van der Waals surface area contributed by atoms with Gasteiger partial charge in [0.05, 0.1) is 19.8 Å². The number of carbonyl (C=O) groups excluding carboxylic acids is 2. The number of nitrogens with zero attached hydrogens (tertiary/aromatic N) is 1. The lowest BCUT2D eigenvalue weighted by Gasteiger charge is -2.57. The van der Waals surface area contributed by atoms with Crippen LogP contribution in [0.4, 0.5) is 0 Å². The zero-order valence-corrected chi connectivity index (χ0v) is 18.7. The Morgan fingerprint density at radius 1 is 1.10 bits per heavy atom. The van der Waals surface area contributed by atoms with Gasteiger partial charge < -0.3 is 9.47 Å². The number of esters is 1. The van der Waals surface area contributed by atoms with Crippen molar-refractivity contribution >= 4 is 11.8 Å². The number of rotatable bonds is 3. The number of ether oxygens (including phenoxy) is 2. The number of allylic oxidation sites excluding steroid dienone is 1. The van der Waals surface area contributed by atoms with Gasteiger partial charge >= 0.3 is 5.97 Å². The third-order valence-corrected chi connectivity index (χ3v) is 9.61. The third-order valence-electron chi connectivity index (χ3n) is 9.61. The summed E-state index contributed by atoms with van der Waals surface area (Å²) < 4.78 is 11.5. The SMILES string of the molecule is CC12CCC(=O)C=C1CCC1[C@@H]2CC[C@]2(C)[C@@H](OC(=O)CN3CCOCC3)CC[C@@H]12. The normalized spacial score (nSPS) is 43.9. The molecule has 5 heteroatoms. The van der Waals surface area contributed by atoms with Gasteiger partial charge in [-0.3, -0.25) is 14.5 Å². The van der Waals surface area contributed by atoms with Gasteiger partial charge in [0.25, 0.3) is 0 Å². The van der Waals surface area contributed by atoms with Crippen molar-refractivity contribution in [1.29, 1.82) is 0 Å². The van der Waals surface area contributed by atoms with Crippen molar-refractivity contribution < 1.29 is 19.1 Å². The minimum Gasteiger partial charge on any atom is -0.461 e. The molecule has 0 aromatic carbocycles. The van der Waals surface area contributed by atoms with E-state index in [1.807, 2.05) is 6.08 Å². The van der Waals surface area contributed by atoms with Crippen LogP contribution in [0.2, 0.25) is 0 Å². The van der Waals surface area contributed by atoms with Gasteiger partial charge in [0, 0.05) is 24.9 Å². The average molecular weight is 416 g/mol. The monoisotopic (exact) mass is 415 g/mol. The van der Waals surface area contributed by atoms with Crippen LogP contribution in [-0.4, -0.2) is 55.6 Å². The van der Waals surface area contributed by atoms with E-state index >= 15 is 0 Å². The zero-order chi connectivity index (χ0) is 20.9. The number of carbonyl (C=O) groups is 2. The second kappa shape index (κ2) is 7.74. The van der Waals surface area contributed by atoms with Gasteiger partial charge in [0.1, 0.15) is 6.10 Å². The molecule has 1 heterocycles. The molecule has 2 unspecified atom stereocenters. The summed E-state index contributed by atoms with van der Waals surface area (Å²) in [5, 5.41) is 0. The van der Waals surface area contributed by atoms with Crippen LogP contribution in [0.3, 0.4) is 0 Å². The second-order valence-corrected chi connectivity index (χ2v) is 11.0. The van der Waals surface area contributed by atoms with Crippen molar-refractivity contribution in [1.82, 2.24) is 4.90 Å². The minimum absolute atomic E-state index is 0.0579. The Kier molecular flexibility index (Phi) is 5.34. The first-order valence-corrected chi connectivity index (χ1v) is 12.1. The summed E-state index contributed by atoms with van der Waals surface area (Å²) >= 11 is 0. The maximum atomic E-state index is 12.7. The highest BCUT2D eigenvalue weighted by molar-refractivity contribution is 5.91. The van der Waals surface area contributed by atoms with Crippen molar-refractivity contribution in [2.45, 2.75) is 71.3 Å². The summed E-state index contributed by atoms with van der Waals surface area (Å²) in [4.78, 5) is 26.8. The van der Waals surface area contributed by atoms with Crippen LogP contribution < -0.4 is 0 Å². The Labute approximate surface area is 180 Å². The Bertz CT molecular complexity index is 741. The third kappa shape index (κ3) is 3.37. The first-order valence-electron chi connectivity index (χ1n) is 12.1. The average Bonchev–Trinajstić information content (AvgIpc) is 3.05. The summed E-state index contributed by atoms with van der Waals surface area (Å²) in [6, 6.07) is 0. The maximum absolute atomic E-state index is 12.7. The second-order valence-electron chi connectivity index (χ2n) is 11.0. The van der Waals surface area contributed by atoms with Crippen molar-refractivity contribution in [2.24, 2.45) is 28.6 Å². The molecule has 0 amide bonds. The Morgan fingerprint density at radius 2 is 1.90 bits per heavy atom. The lowest BCUT2D eigenvalue weighted by molar-refractivity contribution is -0.161. The van der Waals surface area contributed by atoms with Crippen molar-refractivity contribution in [3.8, 4) is 0 Å². The van der Waals surface area contributed by atoms with Crippen LogP contribution in [0.15, 0.2) is 11.6 Å². The molecule has 1 aliphatic heterocycles. The molecule has 4 fully saturated rings. The molecule has 4 aliphatic carbocycles. The van der Waals surface area contributed by atoms with Gasteiger partial charge in [-0.25, -0.2) is 0 Å². The van der Waals surface area contributed by atoms with E-state index in [-0.39, 0.29) is 22.9 Å². The van der Waals surface area contributed by atoms with E-state index in [2.05, 4.69) is 18.7 Å². The van der Waals surface area contributed by atoms with Crippen LogP contribution in [0.5, 0.6) is 0 Å². The Morgan fingerprint density at radius 3 is 2.70 bits per heavy atom. The smallest absolute Gasteiger partial charge is 0.320 e. The van der Waals surface area contributed by atoms with Gasteiger partial charge in [-0.2, -0.15) is 0 Å². The van der Waals surface area contributed by atoms with Crippen LogP contribution >= 0.6 is 0 Å². The molecule has 5 aliphatic rings. The number of hydrogen-bond donors (Lipinski definition) is 0. The molecular formula is C25H37NO4.